The molecule has 0 fully saturated rings. The molecule has 0 saturated carbocycles. The van der Waals surface area contributed by atoms with Crippen LogP contribution in [0.5, 0.6) is 0 Å². The van der Waals surface area contributed by atoms with Gasteiger partial charge in [0, 0.05) is 19.8 Å². The maximum absolute atomic E-state index is 12.7. The number of halogens is 2. The first-order chi connectivity index (χ1) is 5.61. The fourth-order valence-electron chi connectivity index (χ4n) is 0.876. The van der Waals surface area contributed by atoms with Crippen molar-refractivity contribution >= 4 is 34.2 Å². The molecule has 0 aliphatic rings. The number of hydrogen-bond donors (Lipinski definition) is 0. The van der Waals surface area contributed by atoms with Gasteiger partial charge in [-0.05, 0) is 18.2 Å². The number of nitrogens with zero attached hydrogens (tertiary/aromatic N) is 2. The predicted molar refractivity (Wildman–Crippen MR) is 58.4 cm³/mol. The van der Waals surface area contributed by atoms with Crippen LogP contribution in [-0.4, -0.2) is 14.1 Å². The molecule has 0 amide bonds. The third-order valence-corrected chi connectivity index (χ3v) is 2.10. The van der Waals surface area contributed by atoms with E-state index in [1.165, 1.54) is 0 Å². The maximum Gasteiger partial charge on any atom is 0.0965 e. The summed E-state index contributed by atoms with van der Waals surface area (Å²) in [5.74, 6) is 0. The lowest BCUT2D eigenvalue weighted by Gasteiger charge is -2.14. The van der Waals surface area contributed by atoms with E-state index in [1.54, 1.807) is 35.0 Å². The summed E-state index contributed by atoms with van der Waals surface area (Å²) in [7, 11) is 3.85. The van der Waals surface area contributed by atoms with Crippen LogP contribution in [0.3, 0.4) is 0 Å². The van der Waals surface area contributed by atoms with Gasteiger partial charge in [-0.3, -0.25) is 0 Å². The van der Waals surface area contributed by atoms with E-state index in [0.29, 0.717) is 9.02 Å². The largest absolute Gasteiger partial charge is 0.378 e. The van der Waals surface area contributed by atoms with Crippen molar-refractivity contribution in [3.05, 3.63) is 24.3 Å². The summed E-state index contributed by atoms with van der Waals surface area (Å²) in [4.78, 5) is 1.93. The molecule has 1 aromatic rings. The van der Waals surface area contributed by atoms with Crippen molar-refractivity contribution in [3.8, 4) is 0 Å². The van der Waals surface area contributed by atoms with Crippen molar-refractivity contribution in [2.24, 2.45) is 0 Å². The van der Waals surface area contributed by atoms with Crippen LogP contribution in [0.25, 0.3) is 0 Å². The quantitative estimate of drug-likeness (QED) is 0.607. The highest BCUT2D eigenvalue weighted by atomic mass is 127. The molecule has 0 saturated heterocycles. The molecule has 0 atom stereocenters. The Kier molecular flexibility index (Phi) is 3.13. The van der Waals surface area contributed by atoms with Crippen LogP contribution in [0, 0.1) is 0 Å². The van der Waals surface area contributed by atoms with Gasteiger partial charge >= 0.3 is 0 Å². The van der Waals surface area contributed by atoms with Gasteiger partial charge in [-0.15, -0.1) is 0 Å². The standard InChI is InChI=1S/C8H10FIN2/c1-11(2)7-4-3-5-8(6-7)12(9)10/h3-6H,1-2H3. The first-order valence-electron chi connectivity index (χ1n) is 3.50. The second-order valence-corrected chi connectivity index (χ2v) is 3.49. The van der Waals surface area contributed by atoms with E-state index < -0.39 is 0 Å². The van der Waals surface area contributed by atoms with Crippen molar-refractivity contribution in [2.45, 2.75) is 0 Å². The molecule has 0 aliphatic carbocycles. The minimum Gasteiger partial charge on any atom is -0.378 e. The van der Waals surface area contributed by atoms with Crippen LogP contribution in [-0.2, 0) is 0 Å². The molecular formula is C8H10FIN2. The lowest BCUT2D eigenvalue weighted by molar-refractivity contribution is 0.566. The van der Waals surface area contributed by atoms with Gasteiger partial charge in [0.05, 0.1) is 28.6 Å². The van der Waals surface area contributed by atoms with Gasteiger partial charge in [-0.25, -0.2) is 0 Å². The summed E-state index contributed by atoms with van der Waals surface area (Å²) in [5, 5.41) is 0. The number of rotatable bonds is 2. The smallest absolute Gasteiger partial charge is 0.0965 e. The van der Waals surface area contributed by atoms with Crippen molar-refractivity contribution in [1.29, 1.82) is 0 Å². The summed E-state index contributed by atoms with van der Waals surface area (Å²) in [6.07, 6.45) is 0. The van der Waals surface area contributed by atoms with E-state index in [-0.39, 0.29) is 0 Å². The van der Waals surface area contributed by atoms with Crippen molar-refractivity contribution in [3.63, 3.8) is 0 Å². The average Bonchev–Trinajstić information content (AvgIpc) is 2.04. The Balaban J connectivity index is 2.96. The van der Waals surface area contributed by atoms with Crippen molar-refractivity contribution in [1.82, 2.24) is 0 Å². The van der Waals surface area contributed by atoms with E-state index in [9.17, 15) is 4.48 Å². The van der Waals surface area contributed by atoms with Gasteiger partial charge in [0.2, 0.25) is 0 Å². The number of hydrogen-bond acceptors (Lipinski definition) is 2. The van der Waals surface area contributed by atoms with E-state index in [0.717, 1.165) is 5.69 Å². The van der Waals surface area contributed by atoms with E-state index in [4.69, 9.17) is 0 Å². The molecule has 0 N–H and O–H groups in total. The molecule has 0 aliphatic heterocycles. The summed E-state index contributed by atoms with van der Waals surface area (Å²) >= 11 is 1.60. The summed E-state index contributed by atoms with van der Waals surface area (Å²) in [5.41, 5.74) is 1.55. The number of benzene rings is 1. The third kappa shape index (κ3) is 2.23. The lowest BCUT2D eigenvalue weighted by Crippen LogP contribution is -2.08. The molecule has 0 unspecified atom stereocenters. The minimum absolute atomic E-state index is 0.557. The number of anilines is 2. The lowest BCUT2D eigenvalue weighted by atomic mass is 10.3. The Morgan fingerprint density at radius 1 is 1.25 bits per heavy atom. The topological polar surface area (TPSA) is 6.48 Å². The Bertz CT molecular complexity index is 240. The summed E-state index contributed by atoms with van der Waals surface area (Å²) in [6.45, 7) is 0. The van der Waals surface area contributed by atoms with E-state index in [2.05, 4.69) is 0 Å². The highest BCUT2D eigenvalue weighted by Gasteiger charge is 2.01. The van der Waals surface area contributed by atoms with Crippen LogP contribution >= 0.6 is 22.9 Å². The van der Waals surface area contributed by atoms with Crippen LogP contribution in [0.2, 0.25) is 0 Å². The monoisotopic (exact) mass is 280 g/mol. The van der Waals surface area contributed by atoms with Gasteiger partial charge in [0.15, 0.2) is 0 Å². The second-order valence-electron chi connectivity index (χ2n) is 2.65. The predicted octanol–water partition coefficient (Wildman–Crippen LogP) is 2.79. The van der Waals surface area contributed by atoms with Crippen LogP contribution < -0.4 is 8.24 Å². The molecule has 0 bridgehead atoms. The first kappa shape index (κ1) is 9.57. The van der Waals surface area contributed by atoms with Crippen LogP contribution in [0.15, 0.2) is 24.3 Å². The molecule has 0 radical (unpaired) electrons. The van der Waals surface area contributed by atoms with E-state index in [1.807, 2.05) is 31.1 Å². The molecule has 4 heteroatoms. The fraction of sp³-hybridized carbons (Fsp3) is 0.250. The molecule has 0 spiro atoms. The zero-order chi connectivity index (χ0) is 9.14. The zero-order valence-electron chi connectivity index (χ0n) is 6.96. The molecule has 0 aromatic heterocycles. The van der Waals surface area contributed by atoms with Crippen LogP contribution in [0.1, 0.15) is 0 Å². The normalized spacial score (nSPS) is 9.67. The minimum atomic E-state index is 0.557. The average molecular weight is 280 g/mol. The Hall–Kier alpha value is -0.520. The van der Waals surface area contributed by atoms with Gasteiger partial charge in [-0.1, -0.05) is 10.5 Å². The summed E-state index contributed by atoms with van der Waals surface area (Å²) in [6, 6.07) is 7.27. The van der Waals surface area contributed by atoms with Gasteiger partial charge in [0.25, 0.3) is 0 Å². The second kappa shape index (κ2) is 3.93. The third-order valence-electron chi connectivity index (χ3n) is 1.54. The molecule has 66 valence electrons. The molecule has 1 rings (SSSR count). The fourth-order valence-corrected chi connectivity index (χ4v) is 1.18. The van der Waals surface area contributed by atoms with Crippen LogP contribution in [0.4, 0.5) is 15.9 Å². The summed E-state index contributed by atoms with van der Waals surface area (Å²) < 4.78 is 13.3. The van der Waals surface area contributed by atoms with Crippen molar-refractivity contribution in [2.75, 3.05) is 22.3 Å². The highest BCUT2D eigenvalue weighted by Crippen LogP contribution is 2.23. The SMILES string of the molecule is CN(C)c1cccc(N(F)I)c1. The molecular weight excluding hydrogens is 270 g/mol. The van der Waals surface area contributed by atoms with Crippen molar-refractivity contribution < 1.29 is 4.48 Å². The zero-order valence-corrected chi connectivity index (χ0v) is 9.12. The maximum atomic E-state index is 12.7. The van der Waals surface area contributed by atoms with Gasteiger partial charge in [0.1, 0.15) is 0 Å². The van der Waals surface area contributed by atoms with Gasteiger partial charge < -0.3 is 4.90 Å². The Labute approximate surface area is 85.4 Å². The molecule has 12 heavy (non-hydrogen) atoms. The Morgan fingerprint density at radius 2 is 1.83 bits per heavy atom. The van der Waals surface area contributed by atoms with E-state index >= 15 is 0 Å². The molecule has 2 nitrogen and oxygen atoms in total. The van der Waals surface area contributed by atoms with Gasteiger partial charge in [-0.2, -0.15) is 3.34 Å². The highest BCUT2D eigenvalue weighted by molar-refractivity contribution is 14.1. The first-order valence-corrected chi connectivity index (χ1v) is 4.47. The molecule has 0 heterocycles. The Morgan fingerprint density at radius 3 is 2.33 bits per heavy atom. The molecule has 1 aromatic carbocycles.